The highest BCUT2D eigenvalue weighted by atomic mass is 15.2. The maximum Gasteiger partial charge on any atom is 0.0955 e. The molecule has 0 spiro atoms. The molecule has 0 aliphatic heterocycles. The smallest absolute Gasteiger partial charge is 0.0955 e. The second-order valence-electron chi connectivity index (χ2n) is 6.77. The van der Waals surface area contributed by atoms with Crippen molar-refractivity contribution in [1.82, 2.24) is 19.3 Å². The largest absolute Gasteiger partial charge is 0.334 e. The highest BCUT2D eigenvalue weighted by Gasteiger charge is 2.03. The van der Waals surface area contributed by atoms with Crippen molar-refractivity contribution in [3.63, 3.8) is 0 Å². The number of fused-ring (bicyclic) bond motifs is 2. The van der Waals surface area contributed by atoms with Gasteiger partial charge in [-0.15, -0.1) is 0 Å². The van der Waals surface area contributed by atoms with Crippen molar-refractivity contribution in [3.05, 3.63) is 60.0 Å². The molecule has 2 aromatic heterocycles. The van der Waals surface area contributed by atoms with Crippen molar-refractivity contribution < 1.29 is 0 Å². The molecule has 2 aromatic carbocycles. The Bertz CT molecular complexity index is 992. The van der Waals surface area contributed by atoms with E-state index in [0.29, 0.717) is 5.92 Å². The van der Waals surface area contributed by atoms with Crippen molar-refractivity contribution in [2.24, 2.45) is 14.1 Å². The summed E-state index contributed by atoms with van der Waals surface area (Å²) in [5.74, 6) is 0.575. The van der Waals surface area contributed by atoms with Crippen molar-refractivity contribution in [1.29, 1.82) is 0 Å². The van der Waals surface area contributed by atoms with Crippen LogP contribution < -0.4 is 0 Å². The lowest BCUT2D eigenvalue weighted by molar-refractivity contribution is 0.797. The van der Waals surface area contributed by atoms with Gasteiger partial charge in [-0.05, 0) is 47.7 Å². The Kier molecular flexibility index (Phi) is 4.88. The average molecular weight is 334 g/mol. The number of nitrogens with zero attached hydrogens (tertiary/aromatic N) is 4. The van der Waals surface area contributed by atoms with Crippen LogP contribution in [0.4, 0.5) is 0 Å². The Morgan fingerprint density at radius 3 is 2.48 bits per heavy atom. The molecule has 0 radical (unpaired) electrons. The van der Waals surface area contributed by atoms with Crippen molar-refractivity contribution in [3.8, 4) is 0 Å². The molecule has 130 valence electrons. The van der Waals surface area contributed by atoms with Crippen molar-refractivity contribution >= 4 is 21.9 Å². The maximum absolute atomic E-state index is 4.32. The number of hydrogen-bond acceptors (Lipinski definition) is 2. The monoisotopic (exact) mass is 334 g/mol. The highest BCUT2D eigenvalue weighted by molar-refractivity contribution is 5.79. The van der Waals surface area contributed by atoms with E-state index in [-0.39, 0.29) is 0 Å². The first kappa shape index (κ1) is 17.2. The van der Waals surface area contributed by atoms with Gasteiger partial charge in [-0.3, -0.25) is 4.68 Å². The molecule has 0 bridgehead atoms. The van der Waals surface area contributed by atoms with E-state index in [0.717, 1.165) is 11.9 Å². The molecule has 0 aliphatic rings. The van der Waals surface area contributed by atoms with E-state index >= 15 is 0 Å². The van der Waals surface area contributed by atoms with Gasteiger partial charge >= 0.3 is 0 Å². The van der Waals surface area contributed by atoms with E-state index in [1.165, 1.54) is 27.5 Å². The van der Waals surface area contributed by atoms with Crippen LogP contribution in [0.5, 0.6) is 0 Å². The molecule has 0 N–H and O–H groups in total. The van der Waals surface area contributed by atoms with Crippen LogP contribution in [0, 0.1) is 0 Å². The van der Waals surface area contributed by atoms with Gasteiger partial charge in [-0.1, -0.05) is 32.9 Å². The molecule has 0 unspecified atom stereocenters. The third-order valence-corrected chi connectivity index (χ3v) is 4.64. The molecule has 25 heavy (non-hydrogen) atoms. The quantitative estimate of drug-likeness (QED) is 0.526. The summed E-state index contributed by atoms with van der Waals surface area (Å²) in [5.41, 5.74) is 6.21. The molecule has 0 saturated heterocycles. The van der Waals surface area contributed by atoms with Crippen molar-refractivity contribution in [2.45, 2.75) is 33.1 Å². The predicted molar refractivity (Wildman–Crippen MR) is 105 cm³/mol. The summed E-state index contributed by atoms with van der Waals surface area (Å²) in [5, 5.41) is 5.42. The second-order valence-corrected chi connectivity index (χ2v) is 6.77. The van der Waals surface area contributed by atoms with E-state index in [1.807, 2.05) is 35.9 Å². The van der Waals surface area contributed by atoms with Gasteiger partial charge in [0.1, 0.15) is 0 Å². The molecular weight excluding hydrogens is 308 g/mol. The minimum absolute atomic E-state index is 0.575. The molecule has 0 fully saturated rings. The fourth-order valence-corrected chi connectivity index (χ4v) is 2.95. The standard InChI is InChI=1S/C11H14N2.C10H12N2/c1-8(2)9-4-5-11-10(6-9)12-7-13(11)3;1-3-8-4-5-10-9(6-8)7-11-12(10)2/h4-8H,1-3H3;4-7H,3H2,1-2H3. The Labute approximate surface area is 149 Å². The minimum atomic E-state index is 0.575. The predicted octanol–water partition coefficient (Wildman–Crippen LogP) is 4.83. The van der Waals surface area contributed by atoms with Crippen LogP contribution in [-0.2, 0) is 20.5 Å². The number of imidazole rings is 1. The van der Waals surface area contributed by atoms with E-state index in [2.05, 4.69) is 67.3 Å². The number of aromatic nitrogens is 4. The van der Waals surface area contributed by atoms with Gasteiger partial charge in [0.15, 0.2) is 0 Å². The fourth-order valence-electron chi connectivity index (χ4n) is 2.95. The van der Waals surface area contributed by atoms with Crippen molar-refractivity contribution in [2.75, 3.05) is 0 Å². The molecule has 4 rings (SSSR count). The molecule has 0 amide bonds. The van der Waals surface area contributed by atoms with Crippen LogP contribution in [-0.4, -0.2) is 19.3 Å². The SMILES string of the molecule is CC(C)c1ccc2c(c1)ncn2C.CCc1ccc2c(cnn2C)c1. The zero-order chi connectivity index (χ0) is 18.0. The third-order valence-electron chi connectivity index (χ3n) is 4.64. The summed E-state index contributed by atoms with van der Waals surface area (Å²) in [6.07, 6.45) is 4.86. The second kappa shape index (κ2) is 7.09. The summed E-state index contributed by atoms with van der Waals surface area (Å²) in [7, 11) is 3.98. The van der Waals surface area contributed by atoms with E-state index in [9.17, 15) is 0 Å². The molecule has 4 nitrogen and oxygen atoms in total. The number of hydrogen-bond donors (Lipinski definition) is 0. The maximum atomic E-state index is 4.32. The summed E-state index contributed by atoms with van der Waals surface area (Å²) in [4.78, 5) is 4.32. The van der Waals surface area contributed by atoms with Gasteiger partial charge in [0.25, 0.3) is 0 Å². The molecule has 4 heteroatoms. The first-order valence-corrected chi connectivity index (χ1v) is 8.81. The zero-order valence-corrected chi connectivity index (χ0v) is 15.7. The van der Waals surface area contributed by atoms with E-state index in [4.69, 9.17) is 0 Å². The lowest BCUT2D eigenvalue weighted by atomic mass is 10.0. The highest BCUT2D eigenvalue weighted by Crippen LogP contribution is 2.19. The lowest BCUT2D eigenvalue weighted by Gasteiger charge is -2.04. The van der Waals surface area contributed by atoms with Crippen LogP contribution in [0.25, 0.3) is 21.9 Å². The molecule has 2 heterocycles. The summed E-state index contributed by atoms with van der Waals surface area (Å²) in [6.45, 7) is 6.56. The van der Waals surface area contributed by atoms with Gasteiger partial charge in [0, 0.05) is 19.5 Å². The molecule has 0 saturated carbocycles. The van der Waals surface area contributed by atoms with Crippen LogP contribution >= 0.6 is 0 Å². The first-order chi connectivity index (χ1) is 12.0. The summed E-state index contributed by atoms with van der Waals surface area (Å²) in [6, 6.07) is 13.0. The van der Waals surface area contributed by atoms with E-state index in [1.54, 1.807) is 0 Å². The Morgan fingerprint density at radius 1 is 1.00 bits per heavy atom. The molecule has 0 atom stereocenters. The fraction of sp³-hybridized carbons (Fsp3) is 0.333. The normalized spacial score (nSPS) is 11.1. The van der Waals surface area contributed by atoms with Gasteiger partial charge in [-0.25, -0.2) is 4.98 Å². The number of rotatable bonds is 2. The van der Waals surface area contributed by atoms with Crippen LogP contribution in [0.15, 0.2) is 48.9 Å². The topological polar surface area (TPSA) is 35.6 Å². The summed E-state index contributed by atoms with van der Waals surface area (Å²) < 4.78 is 3.94. The Morgan fingerprint density at radius 2 is 1.76 bits per heavy atom. The summed E-state index contributed by atoms with van der Waals surface area (Å²) >= 11 is 0. The Balaban J connectivity index is 0.000000146. The third kappa shape index (κ3) is 3.58. The molecule has 0 aliphatic carbocycles. The molecular formula is C21H26N4. The molecule has 4 aromatic rings. The van der Waals surface area contributed by atoms with Crippen LogP contribution in [0.3, 0.4) is 0 Å². The van der Waals surface area contributed by atoms with E-state index < -0.39 is 0 Å². The average Bonchev–Trinajstić information content (AvgIpc) is 3.18. The van der Waals surface area contributed by atoms with Gasteiger partial charge < -0.3 is 4.57 Å². The number of aryl methyl sites for hydroxylation is 3. The first-order valence-electron chi connectivity index (χ1n) is 8.81. The zero-order valence-electron chi connectivity index (χ0n) is 15.7. The number of benzene rings is 2. The minimum Gasteiger partial charge on any atom is -0.334 e. The van der Waals surface area contributed by atoms with Gasteiger partial charge in [-0.2, -0.15) is 5.10 Å². The Hall–Kier alpha value is -2.62. The lowest BCUT2D eigenvalue weighted by Crippen LogP contribution is -1.88. The van der Waals surface area contributed by atoms with Crippen LogP contribution in [0.1, 0.15) is 37.8 Å². The van der Waals surface area contributed by atoms with Crippen LogP contribution in [0.2, 0.25) is 0 Å². The van der Waals surface area contributed by atoms with Gasteiger partial charge in [0.2, 0.25) is 0 Å². The van der Waals surface area contributed by atoms with Gasteiger partial charge in [0.05, 0.1) is 29.1 Å².